The molecule has 1 saturated carbocycles. The summed E-state index contributed by atoms with van der Waals surface area (Å²) in [6, 6.07) is 8.95. The molecule has 2 spiro atoms. The second-order valence-electron chi connectivity index (χ2n) is 10.7. The van der Waals surface area contributed by atoms with E-state index in [2.05, 4.69) is 91.4 Å². The fourth-order valence-corrected chi connectivity index (χ4v) is 8.12. The van der Waals surface area contributed by atoms with Gasteiger partial charge in [0.05, 0.1) is 0 Å². The lowest BCUT2D eigenvalue weighted by Gasteiger charge is -2.49. The molecule has 3 aliphatic rings. The minimum Gasteiger partial charge on any atom is -0.174 e. The number of nitrogens with zero attached hydrogens (tertiary/aromatic N) is 2. The van der Waals surface area contributed by atoms with Crippen LogP contribution in [0.3, 0.4) is 0 Å². The number of azo groups is 1. The SMILES string of the molecule is CC1(C)CCC(C)(C)C12N=NC1(S2)C(C)(C)c2ccccc2C1(C)C. The molecular formula is C22H32N2S. The number of thioether (sulfide) groups is 1. The van der Waals surface area contributed by atoms with Crippen molar-refractivity contribution in [1.29, 1.82) is 0 Å². The molecule has 0 radical (unpaired) electrons. The highest BCUT2D eigenvalue weighted by Crippen LogP contribution is 2.76. The zero-order valence-electron chi connectivity index (χ0n) is 17.0. The Bertz CT molecular complexity index is 719. The van der Waals surface area contributed by atoms with E-state index >= 15 is 0 Å². The lowest BCUT2D eigenvalue weighted by molar-refractivity contribution is 0.204. The van der Waals surface area contributed by atoms with Crippen molar-refractivity contribution in [1.82, 2.24) is 0 Å². The van der Waals surface area contributed by atoms with Crippen LogP contribution in [0, 0.1) is 10.8 Å². The summed E-state index contributed by atoms with van der Waals surface area (Å²) >= 11 is 2.08. The summed E-state index contributed by atoms with van der Waals surface area (Å²) in [5.41, 5.74) is 3.12. The minimum atomic E-state index is -0.247. The summed E-state index contributed by atoms with van der Waals surface area (Å²) in [4.78, 5) is -0.390. The van der Waals surface area contributed by atoms with Gasteiger partial charge in [-0.05, 0) is 24.0 Å². The molecule has 0 unspecified atom stereocenters. The van der Waals surface area contributed by atoms with Gasteiger partial charge in [-0.3, -0.25) is 0 Å². The van der Waals surface area contributed by atoms with Crippen LogP contribution in [-0.4, -0.2) is 9.74 Å². The highest BCUT2D eigenvalue weighted by atomic mass is 32.2. The van der Waals surface area contributed by atoms with Crippen LogP contribution in [-0.2, 0) is 10.8 Å². The Kier molecular flexibility index (Phi) is 3.18. The van der Waals surface area contributed by atoms with Crippen LogP contribution in [0.25, 0.3) is 0 Å². The van der Waals surface area contributed by atoms with Crippen LogP contribution in [0.4, 0.5) is 0 Å². The van der Waals surface area contributed by atoms with Crippen LogP contribution in [0.5, 0.6) is 0 Å². The van der Waals surface area contributed by atoms with Gasteiger partial charge in [0.1, 0.15) is 9.74 Å². The van der Waals surface area contributed by atoms with Gasteiger partial charge < -0.3 is 0 Å². The zero-order chi connectivity index (χ0) is 18.5. The van der Waals surface area contributed by atoms with Gasteiger partial charge >= 0.3 is 0 Å². The monoisotopic (exact) mass is 356 g/mol. The molecule has 0 N–H and O–H groups in total. The van der Waals surface area contributed by atoms with Gasteiger partial charge in [-0.2, -0.15) is 10.2 Å². The summed E-state index contributed by atoms with van der Waals surface area (Å²) in [7, 11) is 0. The molecule has 1 aromatic rings. The van der Waals surface area contributed by atoms with E-state index in [4.69, 9.17) is 10.2 Å². The van der Waals surface area contributed by atoms with Crippen LogP contribution < -0.4 is 0 Å². The molecule has 1 heterocycles. The first-order chi connectivity index (χ1) is 11.3. The van der Waals surface area contributed by atoms with Crippen molar-refractivity contribution in [3.8, 4) is 0 Å². The lowest BCUT2D eigenvalue weighted by atomic mass is 9.75. The molecule has 4 rings (SSSR count). The van der Waals surface area contributed by atoms with Crippen molar-refractivity contribution in [2.24, 2.45) is 21.1 Å². The molecule has 1 fully saturated rings. The Morgan fingerprint density at radius 3 is 1.52 bits per heavy atom. The third-order valence-corrected chi connectivity index (χ3v) is 10.7. The van der Waals surface area contributed by atoms with Gasteiger partial charge in [0.15, 0.2) is 0 Å². The first-order valence-electron chi connectivity index (χ1n) is 9.59. The fourth-order valence-electron chi connectivity index (χ4n) is 6.05. The van der Waals surface area contributed by atoms with Crippen molar-refractivity contribution in [3.05, 3.63) is 35.4 Å². The highest BCUT2D eigenvalue weighted by Gasteiger charge is 2.74. The maximum atomic E-state index is 5.20. The Hall–Kier alpha value is -0.830. The average molecular weight is 357 g/mol. The van der Waals surface area contributed by atoms with Gasteiger partial charge in [0, 0.05) is 21.7 Å². The molecule has 25 heavy (non-hydrogen) atoms. The molecule has 1 aromatic carbocycles. The molecule has 0 bridgehead atoms. The maximum Gasteiger partial charge on any atom is 0.147 e. The Morgan fingerprint density at radius 2 is 1.08 bits per heavy atom. The normalized spacial score (nSPS) is 30.9. The van der Waals surface area contributed by atoms with Gasteiger partial charge in [-0.15, -0.1) is 0 Å². The lowest BCUT2D eigenvalue weighted by Crippen LogP contribution is -2.53. The number of fused-ring (bicyclic) bond motifs is 1. The predicted octanol–water partition coefficient (Wildman–Crippen LogP) is 6.69. The molecule has 3 heteroatoms. The summed E-state index contributed by atoms with van der Waals surface area (Å²) in [6.45, 7) is 19.1. The number of hydrogen-bond acceptors (Lipinski definition) is 3. The van der Waals surface area contributed by atoms with Gasteiger partial charge in [0.2, 0.25) is 0 Å². The van der Waals surface area contributed by atoms with E-state index in [0.717, 1.165) is 0 Å². The van der Waals surface area contributed by atoms with Crippen molar-refractivity contribution in [3.63, 3.8) is 0 Å². The summed E-state index contributed by atoms with van der Waals surface area (Å²) in [5, 5.41) is 10.4. The quantitative estimate of drug-likeness (QED) is 0.508. The molecule has 1 aliphatic heterocycles. The van der Waals surface area contributed by atoms with Gasteiger partial charge in [-0.1, -0.05) is 91.4 Å². The Morgan fingerprint density at radius 1 is 0.680 bits per heavy atom. The van der Waals surface area contributed by atoms with E-state index in [1.165, 1.54) is 24.0 Å². The van der Waals surface area contributed by atoms with Gasteiger partial charge in [-0.25, -0.2) is 0 Å². The zero-order valence-corrected chi connectivity index (χ0v) is 17.8. The van der Waals surface area contributed by atoms with Crippen molar-refractivity contribution in [2.45, 2.75) is 88.8 Å². The number of hydrogen-bond donors (Lipinski definition) is 0. The minimum absolute atomic E-state index is 0.0422. The standard InChI is InChI=1S/C22H32N2S/c1-17(2)13-14-18(3,4)21(17)23-24-22(25-21)19(5,6)15-11-9-10-12-16(15)20(22,7)8/h9-12H,13-14H2,1-8H3. The number of rotatable bonds is 0. The molecule has 0 aromatic heterocycles. The van der Waals surface area contributed by atoms with E-state index < -0.39 is 0 Å². The van der Waals surface area contributed by atoms with E-state index in [-0.39, 0.29) is 31.4 Å². The topological polar surface area (TPSA) is 24.7 Å². The molecule has 136 valence electrons. The van der Waals surface area contributed by atoms with E-state index in [1.807, 2.05) is 0 Å². The summed E-state index contributed by atoms with van der Waals surface area (Å²) in [6.07, 6.45) is 2.44. The third-order valence-electron chi connectivity index (χ3n) is 7.80. The molecule has 2 aliphatic carbocycles. The first-order valence-corrected chi connectivity index (χ1v) is 10.4. The number of benzene rings is 1. The molecule has 2 nitrogen and oxygen atoms in total. The second kappa shape index (κ2) is 4.52. The molecule has 0 saturated heterocycles. The first kappa shape index (κ1) is 17.6. The summed E-state index contributed by atoms with van der Waals surface area (Å²) < 4.78 is 0. The van der Waals surface area contributed by atoms with Gasteiger partial charge in [0.25, 0.3) is 0 Å². The Labute approximate surface area is 157 Å². The third kappa shape index (κ3) is 1.70. The largest absolute Gasteiger partial charge is 0.174 e. The average Bonchev–Trinajstić information content (AvgIpc) is 3.08. The smallest absolute Gasteiger partial charge is 0.147 e. The van der Waals surface area contributed by atoms with Crippen molar-refractivity contribution in [2.75, 3.05) is 0 Å². The highest BCUT2D eigenvalue weighted by molar-refractivity contribution is 8.02. The fraction of sp³-hybridized carbons (Fsp3) is 0.727. The van der Waals surface area contributed by atoms with E-state index in [9.17, 15) is 0 Å². The van der Waals surface area contributed by atoms with Crippen molar-refractivity contribution >= 4 is 11.8 Å². The van der Waals surface area contributed by atoms with Crippen LogP contribution in [0.1, 0.15) is 79.4 Å². The van der Waals surface area contributed by atoms with Crippen LogP contribution in [0.15, 0.2) is 34.5 Å². The maximum absolute atomic E-state index is 5.20. The molecule has 0 atom stereocenters. The van der Waals surface area contributed by atoms with Crippen LogP contribution in [0.2, 0.25) is 0 Å². The second-order valence-corrected chi connectivity index (χ2v) is 12.0. The van der Waals surface area contributed by atoms with Crippen molar-refractivity contribution < 1.29 is 0 Å². The predicted molar refractivity (Wildman–Crippen MR) is 107 cm³/mol. The Balaban J connectivity index is 1.93. The van der Waals surface area contributed by atoms with E-state index in [1.54, 1.807) is 0 Å². The van der Waals surface area contributed by atoms with E-state index in [0.29, 0.717) is 0 Å². The van der Waals surface area contributed by atoms with Crippen LogP contribution >= 0.6 is 11.8 Å². The molecular weight excluding hydrogens is 324 g/mol. The molecule has 0 amide bonds. The summed E-state index contributed by atoms with van der Waals surface area (Å²) in [5.74, 6) is 0.